The Labute approximate surface area is 125 Å². The van der Waals surface area contributed by atoms with Gasteiger partial charge in [-0.3, -0.25) is 0 Å². The minimum atomic E-state index is 0.513. The van der Waals surface area contributed by atoms with Gasteiger partial charge in [-0.2, -0.15) is 0 Å². The molecule has 1 saturated heterocycles. The van der Waals surface area contributed by atoms with E-state index in [-0.39, 0.29) is 0 Å². The van der Waals surface area contributed by atoms with Crippen molar-refractivity contribution < 1.29 is 0 Å². The number of likely N-dealkylation sites (tertiary alicyclic amines) is 1. The smallest absolute Gasteiger partial charge is 0.140 e. The maximum absolute atomic E-state index is 5.67. The van der Waals surface area contributed by atoms with E-state index in [9.17, 15) is 0 Å². The fraction of sp³-hybridized carbons (Fsp3) is 0.500. The number of likely N-dealkylation sites (N-methyl/N-ethyl adjacent to an activating group) is 2. The van der Waals surface area contributed by atoms with Gasteiger partial charge in [-0.15, -0.1) is 0 Å². The van der Waals surface area contributed by atoms with Crippen LogP contribution in [0.2, 0.25) is 0 Å². The molecule has 0 radical (unpaired) electrons. The number of rotatable bonds is 4. The van der Waals surface area contributed by atoms with Gasteiger partial charge < -0.3 is 15.5 Å². The Hall–Kier alpha value is -1.72. The summed E-state index contributed by atoms with van der Waals surface area (Å²) in [4.78, 5) is 14.1. The zero-order valence-corrected chi connectivity index (χ0v) is 12.8. The molecule has 1 aliphatic rings. The standard InChI is InChI=1S/C16H23N5/c1-20-10-8-12(11-20)21(2)16-13-5-3-4-6-14(13)18-15(19-16)7-9-17/h3-6,12H,7-11,17H2,1-2H3. The van der Waals surface area contributed by atoms with Gasteiger partial charge in [0.25, 0.3) is 0 Å². The average Bonchev–Trinajstić information content (AvgIpc) is 2.92. The van der Waals surface area contributed by atoms with Crippen LogP contribution in [0.4, 0.5) is 5.82 Å². The molecule has 112 valence electrons. The zero-order valence-electron chi connectivity index (χ0n) is 12.8. The third-order valence-electron chi connectivity index (χ3n) is 4.25. The number of hydrogen-bond donors (Lipinski definition) is 1. The van der Waals surface area contributed by atoms with Crippen LogP contribution in [0.3, 0.4) is 0 Å². The average molecular weight is 285 g/mol. The van der Waals surface area contributed by atoms with Crippen molar-refractivity contribution >= 4 is 16.7 Å². The summed E-state index contributed by atoms with van der Waals surface area (Å²) in [5, 5.41) is 1.12. The van der Waals surface area contributed by atoms with Crippen molar-refractivity contribution in [3.8, 4) is 0 Å². The van der Waals surface area contributed by atoms with Crippen LogP contribution >= 0.6 is 0 Å². The van der Waals surface area contributed by atoms with Gasteiger partial charge >= 0.3 is 0 Å². The number of fused-ring (bicyclic) bond motifs is 1. The van der Waals surface area contributed by atoms with E-state index in [1.807, 2.05) is 12.1 Å². The molecule has 1 fully saturated rings. The Morgan fingerprint density at radius 2 is 2.14 bits per heavy atom. The first-order valence-electron chi connectivity index (χ1n) is 7.56. The first-order valence-corrected chi connectivity index (χ1v) is 7.56. The Morgan fingerprint density at radius 1 is 1.33 bits per heavy atom. The minimum absolute atomic E-state index is 0.513. The molecule has 5 nitrogen and oxygen atoms in total. The van der Waals surface area contributed by atoms with Gasteiger partial charge in [0.2, 0.25) is 0 Å². The van der Waals surface area contributed by atoms with Gasteiger partial charge in [-0.05, 0) is 38.7 Å². The number of benzene rings is 1. The van der Waals surface area contributed by atoms with Crippen LogP contribution in [0.25, 0.3) is 10.9 Å². The van der Waals surface area contributed by atoms with Crippen LogP contribution in [0.15, 0.2) is 24.3 Å². The molecule has 1 atom stereocenters. The Bertz CT molecular complexity index is 627. The maximum Gasteiger partial charge on any atom is 0.140 e. The molecule has 2 heterocycles. The van der Waals surface area contributed by atoms with E-state index in [4.69, 9.17) is 10.7 Å². The van der Waals surface area contributed by atoms with E-state index in [0.717, 1.165) is 42.1 Å². The van der Waals surface area contributed by atoms with Crippen LogP contribution in [0.5, 0.6) is 0 Å². The fourth-order valence-corrected chi connectivity index (χ4v) is 3.02. The number of anilines is 1. The molecule has 0 amide bonds. The molecular weight excluding hydrogens is 262 g/mol. The Balaban J connectivity index is 2.02. The van der Waals surface area contributed by atoms with Crippen molar-refractivity contribution in [2.45, 2.75) is 18.9 Å². The lowest BCUT2D eigenvalue weighted by atomic mass is 10.1. The lowest BCUT2D eigenvalue weighted by Gasteiger charge is -2.27. The summed E-state index contributed by atoms with van der Waals surface area (Å²) in [5.41, 5.74) is 6.67. The summed E-state index contributed by atoms with van der Waals surface area (Å²) in [6, 6.07) is 8.74. The number of nitrogens with zero attached hydrogens (tertiary/aromatic N) is 4. The second kappa shape index (κ2) is 5.95. The molecule has 1 unspecified atom stereocenters. The second-order valence-corrected chi connectivity index (χ2v) is 5.83. The Morgan fingerprint density at radius 3 is 2.86 bits per heavy atom. The number of aromatic nitrogens is 2. The summed E-state index contributed by atoms with van der Waals surface area (Å²) >= 11 is 0. The highest BCUT2D eigenvalue weighted by atomic mass is 15.3. The van der Waals surface area contributed by atoms with Crippen LogP contribution in [-0.2, 0) is 6.42 Å². The van der Waals surface area contributed by atoms with E-state index in [1.165, 1.54) is 6.42 Å². The topological polar surface area (TPSA) is 58.3 Å². The molecule has 5 heteroatoms. The van der Waals surface area contributed by atoms with Crippen molar-refractivity contribution in [1.29, 1.82) is 0 Å². The normalized spacial score (nSPS) is 19.3. The lowest BCUT2D eigenvalue weighted by Crippen LogP contribution is -2.34. The highest BCUT2D eigenvalue weighted by Gasteiger charge is 2.25. The fourth-order valence-electron chi connectivity index (χ4n) is 3.02. The summed E-state index contributed by atoms with van der Waals surface area (Å²) in [6.45, 7) is 2.81. The quantitative estimate of drug-likeness (QED) is 0.917. The van der Waals surface area contributed by atoms with Crippen LogP contribution in [0, 0.1) is 0 Å². The third kappa shape index (κ3) is 2.84. The first kappa shape index (κ1) is 14.2. The summed E-state index contributed by atoms with van der Waals surface area (Å²) in [7, 11) is 4.32. The molecule has 3 rings (SSSR count). The predicted octanol–water partition coefficient (Wildman–Crippen LogP) is 1.27. The molecule has 1 aromatic carbocycles. The molecule has 2 aromatic rings. The minimum Gasteiger partial charge on any atom is -0.355 e. The molecule has 0 saturated carbocycles. The van der Waals surface area contributed by atoms with Gasteiger partial charge in [0.1, 0.15) is 11.6 Å². The first-order chi connectivity index (χ1) is 10.2. The summed E-state index contributed by atoms with van der Waals surface area (Å²) < 4.78 is 0. The zero-order chi connectivity index (χ0) is 14.8. The van der Waals surface area contributed by atoms with Crippen molar-refractivity contribution in [3.05, 3.63) is 30.1 Å². The van der Waals surface area contributed by atoms with E-state index in [2.05, 4.69) is 41.0 Å². The van der Waals surface area contributed by atoms with Gasteiger partial charge in [-0.25, -0.2) is 9.97 Å². The van der Waals surface area contributed by atoms with Crippen LogP contribution in [-0.4, -0.2) is 54.6 Å². The van der Waals surface area contributed by atoms with Gasteiger partial charge in [0, 0.05) is 31.4 Å². The largest absolute Gasteiger partial charge is 0.355 e. The maximum atomic E-state index is 5.67. The van der Waals surface area contributed by atoms with Crippen LogP contribution in [0.1, 0.15) is 12.2 Å². The molecule has 0 aliphatic carbocycles. The molecule has 0 bridgehead atoms. The molecule has 1 aromatic heterocycles. The van der Waals surface area contributed by atoms with Gasteiger partial charge in [0.05, 0.1) is 5.52 Å². The predicted molar refractivity (Wildman–Crippen MR) is 86.6 cm³/mol. The van der Waals surface area contributed by atoms with Crippen molar-refractivity contribution in [3.63, 3.8) is 0 Å². The number of nitrogens with two attached hydrogens (primary N) is 1. The Kier molecular flexibility index (Phi) is 4.03. The van der Waals surface area contributed by atoms with Crippen molar-refractivity contribution in [2.24, 2.45) is 5.73 Å². The number of hydrogen-bond acceptors (Lipinski definition) is 5. The number of para-hydroxylation sites is 1. The van der Waals surface area contributed by atoms with Crippen LogP contribution < -0.4 is 10.6 Å². The molecule has 1 aliphatic heterocycles. The summed E-state index contributed by atoms with van der Waals surface area (Å²) in [5.74, 6) is 1.87. The van der Waals surface area contributed by atoms with E-state index in [1.54, 1.807) is 0 Å². The summed E-state index contributed by atoms with van der Waals surface area (Å²) in [6.07, 6.45) is 1.90. The van der Waals surface area contributed by atoms with E-state index >= 15 is 0 Å². The van der Waals surface area contributed by atoms with Gasteiger partial charge in [-0.1, -0.05) is 12.1 Å². The highest BCUT2D eigenvalue weighted by molar-refractivity contribution is 5.89. The van der Waals surface area contributed by atoms with E-state index in [0.29, 0.717) is 12.6 Å². The third-order valence-corrected chi connectivity index (χ3v) is 4.25. The monoisotopic (exact) mass is 285 g/mol. The SMILES string of the molecule is CN1CCC(N(C)c2nc(CCN)nc3ccccc23)C1. The molecular formula is C16H23N5. The molecule has 2 N–H and O–H groups in total. The molecule has 21 heavy (non-hydrogen) atoms. The van der Waals surface area contributed by atoms with Crippen molar-refractivity contribution in [1.82, 2.24) is 14.9 Å². The molecule has 0 spiro atoms. The van der Waals surface area contributed by atoms with E-state index < -0.39 is 0 Å². The van der Waals surface area contributed by atoms with Crippen molar-refractivity contribution in [2.75, 3.05) is 38.6 Å². The lowest BCUT2D eigenvalue weighted by molar-refractivity contribution is 0.409. The highest BCUT2D eigenvalue weighted by Crippen LogP contribution is 2.26. The second-order valence-electron chi connectivity index (χ2n) is 5.83. The van der Waals surface area contributed by atoms with Gasteiger partial charge in [0.15, 0.2) is 0 Å².